The van der Waals surface area contributed by atoms with Gasteiger partial charge in [-0.15, -0.1) is 0 Å². The Labute approximate surface area is 152 Å². The van der Waals surface area contributed by atoms with Crippen molar-refractivity contribution in [3.05, 3.63) is 73.3 Å². The van der Waals surface area contributed by atoms with Crippen LogP contribution in [0, 0.1) is 0 Å². The SMILES string of the molecule is Cn1c(Cc2ccc(Cl)c(Oc3cc(Cl)cc(Cl)c3)c2)n[nH]c1=O. The van der Waals surface area contributed by atoms with Crippen molar-refractivity contribution >= 4 is 34.8 Å². The van der Waals surface area contributed by atoms with E-state index in [0.29, 0.717) is 38.8 Å². The minimum Gasteiger partial charge on any atom is -0.456 e. The summed E-state index contributed by atoms with van der Waals surface area (Å²) in [6.45, 7) is 0. The predicted octanol–water partition coefficient (Wildman–Crippen LogP) is 4.45. The summed E-state index contributed by atoms with van der Waals surface area (Å²) in [4.78, 5) is 11.4. The zero-order valence-corrected chi connectivity index (χ0v) is 14.8. The van der Waals surface area contributed by atoms with E-state index in [4.69, 9.17) is 39.5 Å². The van der Waals surface area contributed by atoms with Gasteiger partial charge in [-0.1, -0.05) is 40.9 Å². The molecule has 0 aliphatic heterocycles. The highest BCUT2D eigenvalue weighted by Gasteiger charge is 2.10. The molecule has 0 bridgehead atoms. The Morgan fingerprint density at radius 3 is 2.46 bits per heavy atom. The summed E-state index contributed by atoms with van der Waals surface area (Å²) in [5, 5.41) is 7.78. The van der Waals surface area contributed by atoms with Crippen molar-refractivity contribution in [3.63, 3.8) is 0 Å². The second-order valence-corrected chi connectivity index (χ2v) is 6.43. The van der Waals surface area contributed by atoms with Crippen LogP contribution in [-0.2, 0) is 13.5 Å². The third-order valence-electron chi connectivity index (χ3n) is 3.39. The van der Waals surface area contributed by atoms with Crippen molar-refractivity contribution in [2.75, 3.05) is 0 Å². The molecule has 3 aromatic rings. The van der Waals surface area contributed by atoms with Gasteiger partial charge in [-0.2, -0.15) is 5.10 Å². The van der Waals surface area contributed by atoms with Gasteiger partial charge in [-0.3, -0.25) is 4.57 Å². The molecule has 1 N–H and O–H groups in total. The molecule has 0 spiro atoms. The van der Waals surface area contributed by atoms with Crippen LogP contribution in [0.3, 0.4) is 0 Å². The molecule has 0 unspecified atom stereocenters. The zero-order valence-electron chi connectivity index (χ0n) is 12.5. The molecular formula is C16H12Cl3N3O2. The normalized spacial score (nSPS) is 10.8. The summed E-state index contributed by atoms with van der Waals surface area (Å²) in [6, 6.07) is 10.3. The van der Waals surface area contributed by atoms with Gasteiger partial charge in [-0.25, -0.2) is 9.89 Å². The van der Waals surface area contributed by atoms with Gasteiger partial charge in [0.05, 0.1) is 5.02 Å². The number of nitrogens with zero attached hydrogens (tertiary/aromatic N) is 2. The van der Waals surface area contributed by atoms with Crippen LogP contribution in [0.15, 0.2) is 41.2 Å². The average Bonchev–Trinajstić information content (AvgIpc) is 2.82. The van der Waals surface area contributed by atoms with Crippen LogP contribution in [-0.4, -0.2) is 14.8 Å². The second kappa shape index (κ2) is 6.89. The maximum atomic E-state index is 11.4. The van der Waals surface area contributed by atoms with Crippen LogP contribution in [0.1, 0.15) is 11.4 Å². The summed E-state index contributed by atoms with van der Waals surface area (Å²) >= 11 is 18.1. The first-order valence-corrected chi connectivity index (χ1v) is 8.08. The number of H-pyrrole nitrogens is 1. The maximum Gasteiger partial charge on any atom is 0.343 e. The highest BCUT2D eigenvalue weighted by Crippen LogP contribution is 2.33. The number of halogens is 3. The molecule has 0 radical (unpaired) electrons. The van der Waals surface area contributed by atoms with E-state index in [2.05, 4.69) is 10.2 Å². The van der Waals surface area contributed by atoms with Crippen molar-refractivity contribution < 1.29 is 4.74 Å². The molecule has 3 rings (SSSR count). The first-order valence-electron chi connectivity index (χ1n) is 6.95. The van der Waals surface area contributed by atoms with E-state index < -0.39 is 0 Å². The first kappa shape index (κ1) is 16.9. The Kier molecular flexibility index (Phi) is 4.85. The largest absolute Gasteiger partial charge is 0.456 e. The van der Waals surface area contributed by atoms with Gasteiger partial charge in [0.15, 0.2) is 0 Å². The van der Waals surface area contributed by atoms with Crippen molar-refractivity contribution in [1.82, 2.24) is 14.8 Å². The summed E-state index contributed by atoms with van der Waals surface area (Å²) < 4.78 is 7.24. The molecule has 1 aromatic heterocycles. The maximum absolute atomic E-state index is 11.4. The van der Waals surface area contributed by atoms with Crippen LogP contribution >= 0.6 is 34.8 Å². The lowest BCUT2D eigenvalue weighted by atomic mass is 10.1. The van der Waals surface area contributed by atoms with Gasteiger partial charge < -0.3 is 4.74 Å². The first-order chi connectivity index (χ1) is 11.4. The number of rotatable bonds is 4. The Morgan fingerprint density at radius 1 is 1.12 bits per heavy atom. The molecule has 24 heavy (non-hydrogen) atoms. The lowest BCUT2D eigenvalue weighted by Gasteiger charge is -2.10. The number of aromatic nitrogens is 3. The molecule has 0 saturated heterocycles. The molecule has 1 heterocycles. The van der Waals surface area contributed by atoms with Gasteiger partial charge in [0.2, 0.25) is 0 Å². The Bertz CT molecular complexity index is 930. The number of ether oxygens (including phenoxy) is 1. The monoisotopic (exact) mass is 383 g/mol. The van der Waals surface area contributed by atoms with Crippen molar-refractivity contribution in [3.8, 4) is 11.5 Å². The van der Waals surface area contributed by atoms with Crippen LogP contribution in [0.2, 0.25) is 15.1 Å². The third-order valence-corrected chi connectivity index (χ3v) is 4.14. The smallest absolute Gasteiger partial charge is 0.343 e. The van der Waals surface area contributed by atoms with Crippen molar-refractivity contribution in [2.45, 2.75) is 6.42 Å². The van der Waals surface area contributed by atoms with Crippen molar-refractivity contribution in [1.29, 1.82) is 0 Å². The van der Waals surface area contributed by atoms with Gasteiger partial charge >= 0.3 is 5.69 Å². The number of aromatic amines is 1. The Balaban J connectivity index is 1.88. The van der Waals surface area contributed by atoms with E-state index in [1.165, 1.54) is 4.57 Å². The highest BCUT2D eigenvalue weighted by atomic mass is 35.5. The zero-order chi connectivity index (χ0) is 17.3. The van der Waals surface area contributed by atoms with Gasteiger partial charge in [0.1, 0.15) is 17.3 Å². The lowest BCUT2D eigenvalue weighted by molar-refractivity contribution is 0.482. The fourth-order valence-corrected chi connectivity index (χ4v) is 2.83. The lowest BCUT2D eigenvalue weighted by Crippen LogP contribution is -2.14. The van der Waals surface area contributed by atoms with Crippen molar-refractivity contribution in [2.24, 2.45) is 7.05 Å². The predicted molar refractivity (Wildman–Crippen MR) is 94.6 cm³/mol. The molecule has 0 atom stereocenters. The number of hydrogen-bond donors (Lipinski definition) is 1. The van der Waals surface area contributed by atoms with E-state index in [0.717, 1.165) is 5.56 Å². The molecule has 2 aromatic carbocycles. The third kappa shape index (κ3) is 3.75. The summed E-state index contributed by atoms with van der Waals surface area (Å²) in [5.74, 6) is 1.56. The molecule has 124 valence electrons. The van der Waals surface area contributed by atoms with Crippen LogP contribution in [0.5, 0.6) is 11.5 Å². The Hall–Kier alpha value is -1.95. The van der Waals surface area contributed by atoms with Gasteiger partial charge in [-0.05, 0) is 35.9 Å². The van der Waals surface area contributed by atoms with Crippen LogP contribution < -0.4 is 10.4 Å². The standard InChI is InChI=1S/C16H12Cl3N3O2/c1-22-15(20-21-16(22)23)5-9-2-3-13(19)14(4-9)24-12-7-10(17)6-11(18)8-12/h2-4,6-8H,5H2,1H3,(H,21,23). The van der Waals surface area contributed by atoms with E-state index in [-0.39, 0.29) is 5.69 Å². The quantitative estimate of drug-likeness (QED) is 0.723. The molecule has 8 heteroatoms. The fourth-order valence-electron chi connectivity index (χ4n) is 2.17. The molecule has 0 fully saturated rings. The molecular weight excluding hydrogens is 373 g/mol. The second-order valence-electron chi connectivity index (χ2n) is 5.15. The molecule has 0 aliphatic rings. The molecule has 0 saturated carbocycles. The molecule has 5 nitrogen and oxygen atoms in total. The van der Waals surface area contributed by atoms with Crippen LogP contribution in [0.25, 0.3) is 0 Å². The minimum atomic E-state index is -0.260. The number of benzene rings is 2. The highest BCUT2D eigenvalue weighted by molar-refractivity contribution is 6.34. The van der Waals surface area contributed by atoms with Gasteiger partial charge in [0, 0.05) is 23.5 Å². The summed E-state index contributed by atoms with van der Waals surface area (Å²) in [5.41, 5.74) is 0.633. The van der Waals surface area contributed by atoms with Gasteiger partial charge in [0.25, 0.3) is 0 Å². The average molecular weight is 385 g/mol. The fraction of sp³-hybridized carbons (Fsp3) is 0.125. The van der Waals surface area contributed by atoms with E-state index >= 15 is 0 Å². The van der Waals surface area contributed by atoms with E-state index in [9.17, 15) is 4.79 Å². The molecule has 0 amide bonds. The number of nitrogens with one attached hydrogen (secondary N) is 1. The van der Waals surface area contributed by atoms with E-state index in [1.807, 2.05) is 6.07 Å². The molecule has 0 aliphatic carbocycles. The Morgan fingerprint density at radius 2 is 1.83 bits per heavy atom. The van der Waals surface area contributed by atoms with Crippen LogP contribution in [0.4, 0.5) is 0 Å². The number of hydrogen-bond acceptors (Lipinski definition) is 3. The minimum absolute atomic E-state index is 0.260. The van der Waals surface area contributed by atoms with E-state index in [1.54, 1.807) is 37.4 Å². The summed E-state index contributed by atoms with van der Waals surface area (Å²) in [6.07, 6.45) is 0.457. The summed E-state index contributed by atoms with van der Waals surface area (Å²) in [7, 11) is 1.66. The topological polar surface area (TPSA) is 59.9 Å².